The molecule has 1 aromatic heterocycles. The van der Waals surface area contributed by atoms with Crippen LogP contribution in [0.1, 0.15) is 30.1 Å². The van der Waals surface area contributed by atoms with Crippen molar-refractivity contribution in [2.75, 3.05) is 20.1 Å². The van der Waals surface area contributed by atoms with Gasteiger partial charge in [0.15, 0.2) is 0 Å². The van der Waals surface area contributed by atoms with Gasteiger partial charge in [-0.1, -0.05) is 12.1 Å². The Morgan fingerprint density at radius 2 is 2.08 bits per heavy atom. The molecule has 1 saturated heterocycles. The van der Waals surface area contributed by atoms with Gasteiger partial charge in [-0.15, -0.1) is 0 Å². The van der Waals surface area contributed by atoms with Crippen molar-refractivity contribution in [2.45, 2.75) is 25.3 Å². The SMILES string of the molecule is CN1CCC[C@@H](CNC(=O)Cc2ccc(F)cc2)[C@@H]1c1cncn1C. The summed E-state index contributed by atoms with van der Waals surface area (Å²) in [7, 11) is 4.14. The minimum Gasteiger partial charge on any atom is -0.355 e. The first-order valence-electron chi connectivity index (χ1n) is 8.72. The van der Waals surface area contributed by atoms with Crippen molar-refractivity contribution in [2.24, 2.45) is 13.0 Å². The first-order chi connectivity index (χ1) is 12.0. The van der Waals surface area contributed by atoms with E-state index < -0.39 is 0 Å². The number of aromatic nitrogens is 2. The molecule has 5 nitrogen and oxygen atoms in total. The third-order valence-corrected chi connectivity index (χ3v) is 5.00. The molecule has 1 aliphatic heterocycles. The number of nitrogens with one attached hydrogen (secondary N) is 1. The lowest BCUT2D eigenvalue weighted by Crippen LogP contribution is -2.42. The van der Waals surface area contributed by atoms with Gasteiger partial charge in [-0.25, -0.2) is 9.37 Å². The van der Waals surface area contributed by atoms with Crippen molar-refractivity contribution in [1.29, 1.82) is 0 Å². The summed E-state index contributed by atoms with van der Waals surface area (Å²) in [5.74, 6) is 0.0447. The topological polar surface area (TPSA) is 50.2 Å². The number of hydrogen-bond donors (Lipinski definition) is 1. The van der Waals surface area contributed by atoms with Crippen molar-refractivity contribution >= 4 is 5.91 Å². The number of amides is 1. The molecule has 25 heavy (non-hydrogen) atoms. The number of carbonyl (C=O) groups excluding carboxylic acids is 1. The smallest absolute Gasteiger partial charge is 0.224 e. The van der Waals surface area contributed by atoms with E-state index in [0.717, 1.165) is 24.9 Å². The van der Waals surface area contributed by atoms with Gasteiger partial charge in [0.2, 0.25) is 5.91 Å². The summed E-state index contributed by atoms with van der Waals surface area (Å²) < 4.78 is 15.0. The lowest BCUT2D eigenvalue weighted by molar-refractivity contribution is -0.120. The molecule has 1 fully saturated rings. The highest BCUT2D eigenvalue weighted by Crippen LogP contribution is 2.34. The molecule has 2 aromatic rings. The molecule has 0 saturated carbocycles. The van der Waals surface area contributed by atoms with Crippen LogP contribution in [0.3, 0.4) is 0 Å². The third-order valence-electron chi connectivity index (χ3n) is 5.00. The maximum Gasteiger partial charge on any atom is 0.224 e. The number of benzene rings is 1. The van der Waals surface area contributed by atoms with Crippen LogP contribution < -0.4 is 5.32 Å². The van der Waals surface area contributed by atoms with E-state index in [0.29, 0.717) is 12.5 Å². The lowest BCUT2D eigenvalue weighted by Gasteiger charge is -2.39. The van der Waals surface area contributed by atoms with Gasteiger partial charge in [0.1, 0.15) is 5.82 Å². The Hall–Kier alpha value is -2.21. The van der Waals surface area contributed by atoms with Crippen molar-refractivity contribution < 1.29 is 9.18 Å². The lowest BCUT2D eigenvalue weighted by atomic mass is 9.87. The standard InChI is InChI=1S/C19H25FN4O/c1-23-9-3-4-15(19(23)17-12-21-13-24(17)2)11-22-18(25)10-14-5-7-16(20)8-6-14/h5-8,12-13,15,19H,3-4,9-11H2,1-2H3,(H,22,25)/t15-,19+/m0/s1. The molecule has 2 atom stereocenters. The van der Waals surface area contributed by atoms with Gasteiger partial charge in [0.05, 0.1) is 24.5 Å². The molecule has 0 unspecified atom stereocenters. The number of likely N-dealkylation sites (tertiary alicyclic amines) is 1. The van der Waals surface area contributed by atoms with Crippen LogP contribution in [0.5, 0.6) is 0 Å². The Morgan fingerprint density at radius 3 is 2.76 bits per heavy atom. The Balaban J connectivity index is 1.61. The number of piperidine rings is 1. The summed E-state index contributed by atoms with van der Waals surface area (Å²) in [4.78, 5) is 18.8. The second kappa shape index (κ2) is 7.78. The zero-order valence-corrected chi connectivity index (χ0v) is 14.8. The number of aryl methyl sites for hydroxylation is 1. The molecule has 134 valence electrons. The molecule has 3 rings (SSSR count). The molecule has 1 amide bonds. The monoisotopic (exact) mass is 344 g/mol. The Labute approximate surface area is 147 Å². The van der Waals surface area contributed by atoms with Gasteiger partial charge in [-0.05, 0) is 50.0 Å². The van der Waals surface area contributed by atoms with Gasteiger partial charge >= 0.3 is 0 Å². The third kappa shape index (κ3) is 4.25. The fraction of sp³-hybridized carbons (Fsp3) is 0.474. The predicted molar refractivity (Wildman–Crippen MR) is 94.4 cm³/mol. The fourth-order valence-electron chi connectivity index (χ4n) is 3.69. The average Bonchev–Trinajstić information content (AvgIpc) is 3.01. The summed E-state index contributed by atoms with van der Waals surface area (Å²) in [5, 5.41) is 3.06. The van der Waals surface area contributed by atoms with Gasteiger partial charge in [-0.3, -0.25) is 9.69 Å². The molecule has 1 N–H and O–H groups in total. The maximum absolute atomic E-state index is 12.9. The van der Waals surface area contributed by atoms with E-state index in [1.165, 1.54) is 17.8 Å². The van der Waals surface area contributed by atoms with Crippen LogP contribution in [0.4, 0.5) is 4.39 Å². The molecular weight excluding hydrogens is 319 g/mol. The highest BCUT2D eigenvalue weighted by molar-refractivity contribution is 5.78. The Morgan fingerprint density at radius 1 is 1.32 bits per heavy atom. The minimum absolute atomic E-state index is 0.0245. The molecule has 2 heterocycles. The maximum atomic E-state index is 12.9. The van der Waals surface area contributed by atoms with E-state index in [-0.39, 0.29) is 24.2 Å². The van der Waals surface area contributed by atoms with Crippen LogP contribution in [0, 0.1) is 11.7 Å². The van der Waals surface area contributed by atoms with Crippen molar-refractivity contribution in [3.05, 3.63) is 53.9 Å². The van der Waals surface area contributed by atoms with E-state index in [2.05, 4.69) is 26.8 Å². The van der Waals surface area contributed by atoms with Crippen LogP contribution >= 0.6 is 0 Å². The molecule has 0 bridgehead atoms. The molecule has 1 aromatic carbocycles. The van der Waals surface area contributed by atoms with Crippen molar-refractivity contribution in [1.82, 2.24) is 19.8 Å². The van der Waals surface area contributed by atoms with E-state index in [4.69, 9.17) is 0 Å². The number of hydrogen-bond acceptors (Lipinski definition) is 3. The molecule has 0 aliphatic carbocycles. The molecule has 1 aliphatic rings. The van der Waals surface area contributed by atoms with Gasteiger partial charge < -0.3 is 9.88 Å². The highest BCUT2D eigenvalue weighted by atomic mass is 19.1. The number of rotatable bonds is 5. The predicted octanol–water partition coefficient (Wildman–Crippen LogP) is 2.30. The first-order valence-corrected chi connectivity index (χ1v) is 8.72. The van der Waals surface area contributed by atoms with Crippen LogP contribution in [-0.2, 0) is 18.3 Å². The summed E-state index contributed by atoms with van der Waals surface area (Å²) in [6, 6.07) is 6.34. The zero-order chi connectivity index (χ0) is 17.8. The number of carbonyl (C=O) groups is 1. The average molecular weight is 344 g/mol. The summed E-state index contributed by atoms with van der Waals surface area (Å²) >= 11 is 0. The fourth-order valence-corrected chi connectivity index (χ4v) is 3.69. The van der Waals surface area contributed by atoms with Crippen molar-refractivity contribution in [3.8, 4) is 0 Å². The first kappa shape index (κ1) is 17.6. The van der Waals surface area contributed by atoms with Crippen molar-refractivity contribution in [3.63, 3.8) is 0 Å². The van der Waals surface area contributed by atoms with Gasteiger partial charge in [-0.2, -0.15) is 0 Å². The molecule has 6 heteroatoms. The molecule has 0 radical (unpaired) electrons. The second-order valence-corrected chi connectivity index (χ2v) is 6.86. The second-order valence-electron chi connectivity index (χ2n) is 6.86. The number of imidazole rings is 1. The minimum atomic E-state index is -0.284. The summed E-state index contributed by atoms with van der Waals surface area (Å²) in [6.07, 6.45) is 6.22. The van der Waals surface area contributed by atoms with E-state index in [1.54, 1.807) is 12.1 Å². The summed E-state index contributed by atoms with van der Waals surface area (Å²) in [5.41, 5.74) is 2.00. The van der Waals surface area contributed by atoms with E-state index in [1.807, 2.05) is 19.6 Å². The Bertz CT molecular complexity index is 712. The largest absolute Gasteiger partial charge is 0.355 e. The highest BCUT2D eigenvalue weighted by Gasteiger charge is 2.32. The van der Waals surface area contributed by atoms with Crippen LogP contribution in [-0.4, -0.2) is 40.5 Å². The van der Waals surface area contributed by atoms with E-state index >= 15 is 0 Å². The van der Waals surface area contributed by atoms with Gasteiger partial charge in [0, 0.05) is 19.8 Å². The Kier molecular flexibility index (Phi) is 5.48. The van der Waals surface area contributed by atoms with Crippen LogP contribution in [0.15, 0.2) is 36.8 Å². The quantitative estimate of drug-likeness (QED) is 0.905. The van der Waals surface area contributed by atoms with Crippen LogP contribution in [0.25, 0.3) is 0 Å². The van der Waals surface area contributed by atoms with Crippen LogP contribution in [0.2, 0.25) is 0 Å². The zero-order valence-electron chi connectivity index (χ0n) is 14.8. The summed E-state index contributed by atoms with van der Waals surface area (Å²) in [6.45, 7) is 1.69. The van der Waals surface area contributed by atoms with E-state index in [9.17, 15) is 9.18 Å². The number of nitrogens with zero attached hydrogens (tertiary/aromatic N) is 3. The molecular formula is C19H25FN4O. The molecule has 0 spiro atoms. The van der Waals surface area contributed by atoms with Gasteiger partial charge in [0.25, 0.3) is 0 Å². The number of halogens is 1. The normalized spacial score (nSPS) is 21.2.